The topological polar surface area (TPSA) is 79.3 Å². The van der Waals surface area contributed by atoms with E-state index in [2.05, 4.69) is 0 Å². The van der Waals surface area contributed by atoms with Crippen LogP contribution in [0, 0.1) is 0 Å². The molecule has 4 rings (SSSR count). The highest BCUT2D eigenvalue weighted by atomic mass is 16.5. The monoisotopic (exact) mass is 464 g/mol. The third kappa shape index (κ3) is 4.66. The van der Waals surface area contributed by atoms with Crippen LogP contribution in [0.1, 0.15) is 43.0 Å². The van der Waals surface area contributed by atoms with Gasteiger partial charge in [-0.3, -0.25) is 9.59 Å². The van der Waals surface area contributed by atoms with E-state index in [9.17, 15) is 14.7 Å². The van der Waals surface area contributed by atoms with Gasteiger partial charge in [-0.15, -0.1) is 0 Å². The second-order valence-corrected chi connectivity index (χ2v) is 9.17. The molecule has 1 amide bonds. The zero-order valence-electron chi connectivity index (χ0n) is 20.2. The molecule has 7 nitrogen and oxygen atoms in total. The molecule has 1 N–H and O–H groups in total. The Morgan fingerprint density at radius 3 is 2.74 bits per heavy atom. The number of ketones is 1. The molecular weight excluding hydrogens is 432 g/mol. The average Bonchev–Trinajstić information content (AvgIpc) is 3.31. The summed E-state index contributed by atoms with van der Waals surface area (Å²) in [5.41, 5.74) is 2.31. The number of amides is 1. The highest BCUT2D eigenvalue weighted by Gasteiger charge is 2.46. The number of likely N-dealkylation sites (tertiary alicyclic amines) is 1. The summed E-state index contributed by atoms with van der Waals surface area (Å²) in [6.45, 7) is 5.53. The van der Waals surface area contributed by atoms with Crippen molar-refractivity contribution < 1.29 is 24.2 Å². The van der Waals surface area contributed by atoms with Gasteiger partial charge in [-0.05, 0) is 68.9 Å². The summed E-state index contributed by atoms with van der Waals surface area (Å²) in [5, 5.41) is 11.3. The average molecular weight is 465 g/mol. The number of fused-ring (bicyclic) bond motifs is 1. The third-order valence-electron chi connectivity index (χ3n) is 6.14. The lowest BCUT2D eigenvalue weighted by atomic mass is 9.94. The Morgan fingerprint density at radius 1 is 1.21 bits per heavy atom. The maximum absolute atomic E-state index is 13.2. The summed E-state index contributed by atoms with van der Waals surface area (Å²) in [7, 11) is 3.83. The van der Waals surface area contributed by atoms with Crippen LogP contribution in [0.5, 0.6) is 11.5 Å². The minimum atomic E-state index is -0.700. The first-order valence-electron chi connectivity index (χ1n) is 11.8. The molecule has 34 heavy (non-hydrogen) atoms. The SMILES string of the molecule is CCCOc1cccc([C@@H]2C(=C(O)c3ccc4c(c3)C[C@@H](C)O4)C(=O)C(=O)N2CCN(C)C)c1. The molecule has 7 heteroatoms. The lowest BCUT2D eigenvalue weighted by molar-refractivity contribution is -0.140. The van der Waals surface area contributed by atoms with Gasteiger partial charge in [-0.2, -0.15) is 0 Å². The fourth-order valence-corrected chi connectivity index (χ4v) is 4.48. The maximum atomic E-state index is 13.2. The first-order chi connectivity index (χ1) is 16.3. The summed E-state index contributed by atoms with van der Waals surface area (Å²) in [5.74, 6) is 0.00426. The van der Waals surface area contributed by atoms with E-state index < -0.39 is 17.7 Å². The number of Topliss-reactive ketones (excluding diaryl/α,β-unsaturated/α-hetero) is 1. The Bertz CT molecular complexity index is 1120. The van der Waals surface area contributed by atoms with Gasteiger partial charge in [0, 0.05) is 25.1 Å². The molecule has 2 heterocycles. The minimum absolute atomic E-state index is 0.0647. The maximum Gasteiger partial charge on any atom is 0.295 e. The molecule has 0 radical (unpaired) electrons. The van der Waals surface area contributed by atoms with Gasteiger partial charge >= 0.3 is 0 Å². The second kappa shape index (κ2) is 9.89. The van der Waals surface area contributed by atoms with E-state index >= 15 is 0 Å². The van der Waals surface area contributed by atoms with Gasteiger partial charge in [0.1, 0.15) is 23.4 Å². The molecule has 0 aliphatic carbocycles. The van der Waals surface area contributed by atoms with Crippen LogP contribution < -0.4 is 9.47 Å². The second-order valence-electron chi connectivity index (χ2n) is 9.17. The number of aliphatic hydroxyl groups excluding tert-OH is 1. The molecule has 2 aliphatic heterocycles. The molecule has 1 saturated heterocycles. The molecule has 0 bridgehead atoms. The summed E-state index contributed by atoms with van der Waals surface area (Å²) < 4.78 is 11.6. The third-order valence-corrected chi connectivity index (χ3v) is 6.14. The van der Waals surface area contributed by atoms with E-state index in [1.165, 1.54) is 0 Å². The molecule has 0 spiro atoms. The van der Waals surface area contributed by atoms with Gasteiger partial charge in [0.15, 0.2) is 0 Å². The van der Waals surface area contributed by atoms with Gasteiger partial charge in [0.25, 0.3) is 11.7 Å². The molecule has 180 valence electrons. The van der Waals surface area contributed by atoms with Crippen LogP contribution in [0.2, 0.25) is 0 Å². The van der Waals surface area contributed by atoms with Crippen molar-refractivity contribution >= 4 is 17.4 Å². The minimum Gasteiger partial charge on any atom is -0.507 e. The molecule has 0 unspecified atom stereocenters. The van der Waals surface area contributed by atoms with Crippen LogP contribution in [0.15, 0.2) is 48.0 Å². The van der Waals surface area contributed by atoms with Crippen molar-refractivity contribution in [3.05, 3.63) is 64.7 Å². The Hall–Kier alpha value is -3.32. The van der Waals surface area contributed by atoms with Crippen molar-refractivity contribution in [2.45, 2.75) is 38.8 Å². The first-order valence-corrected chi connectivity index (χ1v) is 11.8. The molecule has 2 aliphatic rings. The van der Waals surface area contributed by atoms with E-state index in [-0.39, 0.29) is 17.4 Å². The number of carbonyl (C=O) groups is 2. The molecular formula is C27H32N2O5. The number of nitrogens with zero attached hydrogens (tertiary/aromatic N) is 2. The van der Waals surface area contributed by atoms with Gasteiger partial charge < -0.3 is 24.4 Å². The van der Waals surface area contributed by atoms with Gasteiger partial charge in [-0.25, -0.2) is 0 Å². The van der Waals surface area contributed by atoms with Crippen LogP contribution in [0.4, 0.5) is 0 Å². The number of hydrogen-bond donors (Lipinski definition) is 1. The quantitative estimate of drug-likeness (QED) is 0.364. The summed E-state index contributed by atoms with van der Waals surface area (Å²) in [6.07, 6.45) is 1.66. The fraction of sp³-hybridized carbons (Fsp3) is 0.407. The van der Waals surface area contributed by atoms with E-state index in [4.69, 9.17) is 9.47 Å². The highest BCUT2D eigenvalue weighted by Crippen LogP contribution is 2.41. The predicted molar refractivity (Wildman–Crippen MR) is 130 cm³/mol. The van der Waals surface area contributed by atoms with Crippen LogP contribution in [0.25, 0.3) is 5.76 Å². The molecule has 1 fully saturated rings. The Labute approximate surface area is 200 Å². The summed E-state index contributed by atoms with van der Waals surface area (Å²) >= 11 is 0. The number of ether oxygens (including phenoxy) is 2. The van der Waals surface area contributed by atoms with E-state index in [1.54, 1.807) is 11.0 Å². The number of likely N-dealkylation sites (N-methyl/N-ethyl adjacent to an activating group) is 1. The molecule has 2 aromatic carbocycles. The van der Waals surface area contributed by atoms with E-state index in [0.29, 0.717) is 31.0 Å². The van der Waals surface area contributed by atoms with Gasteiger partial charge in [-0.1, -0.05) is 19.1 Å². The van der Waals surface area contributed by atoms with Gasteiger partial charge in [0.05, 0.1) is 18.2 Å². The predicted octanol–water partition coefficient (Wildman–Crippen LogP) is 3.78. The van der Waals surface area contributed by atoms with Crippen molar-refractivity contribution in [3.8, 4) is 11.5 Å². The van der Waals surface area contributed by atoms with Crippen molar-refractivity contribution in [2.24, 2.45) is 0 Å². The van der Waals surface area contributed by atoms with Crippen LogP contribution in [0.3, 0.4) is 0 Å². The lowest BCUT2D eigenvalue weighted by Gasteiger charge is -2.27. The Kier molecular flexibility index (Phi) is 6.93. The van der Waals surface area contributed by atoms with Crippen molar-refractivity contribution in [1.29, 1.82) is 0 Å². The molecule has 0 aromatic heterocycles. The smallest absolute Gasteiger partial charge is 0.295 e. The largest absolute Gasteiger partial charge is 0.507 e. The lowest BCUT2D eigenvalue weighted by Crippen LogP contribution is -2.35. The number of rotatable bonds is 8. The molecule has 0 saturated carbocycles. The molecule has 2 aromatic rings. The number of aliphatic hydroxyl groups is 1. The van der Waals surface area contributed by atoms with Crippen LogP contribution in [-0.4, -0.2) is 66.5 Å². The summed E-state index contributed by atoms with van der Waals surface area (Å²) in [6, 6.07) is 12.1. The summed E-state index contributed by atoms with van der Waals surface area (Å²) in [4.78, 5) is 29.8. The molecule has 2 atom stereocenters. The Balaban J connectivity index is 1.80. The van der Waals surface area contributed by atoms with Gasteiger partial charge in [0.2, 0.25) is 0 Å². The van der Waals surface area contributed by atoms with Crippen LogP contribution >= 0.6 is 0 Å². The normalized spacial score (nSPS) is 21.1. The Morgan fingerprint density at radius 2 is 2.00 bits per heavy atom. The van der Waals surface area contributed by atoms with Crippen molar-refractivity contribution in [3.63, 3.8) is 0 Å². The number of hydrogen-bond acceptors (Lipinski definition) is 6. The van der Waals surface area contributed by atoms with E-state index in [0.717, 1.165) is 29.7 Å². The first kappa shape index (κ1) is 23.8. The van der Waals surface area contributed by atoms with Crippen molar-refractivity contribution in [1.82, 2.24) is 9.80 Å². The fourth-order valence-electron chi connectivity index (χ4n) is 4.48. The number of benzene rings is 2. The van der Waals surface area contributed by atoms with E-state index in [1.807, 2.05) is 69.2 Å². The highest BCUT2D eigenvalue weighted by molar-refractivity contribution is 6.46. The zero-order chi connectivity index (χ0) is 24.4. The number of carbonyl (C=O) groups excluding carboxylic acids is 2. The standard InChI is InChI=1S/C27H32N2O5/c1-5-13-33-21-8-6-7-18(16-21)24-23(26(31)27(32)29(24)12-11-28(3)4)25(30)19-9-10-22-20(15-19)14-17(2)34-22/h6-10,15-17,24,30H,5,11-14H2,1-4H3/t17-,24-/m1/s1. The zero-order valence-corrected chi connectivity index (χ0v) is 20.2. The van der Waals surface area contributed by atoms with Crippen LogP contribution in [-0.2, 0) is 16.0 Å². The van der Waals surface area contributed by atoms with Crippen molar-refractivity contribution in [2.75, 3.05) is 33.8 Å².